The number of amides is 2. The van der Waals surface area contributed by atoms with E-state index in [0.717, 1.165) is 49.3 Å². The van der Waals surface area contributed by atoms with Crippen LogP contribution in [0.25, 0.3) is 0 Å². The van der Waals surface area contributed by atoms with E-state index in [0.29, 0.717) is 0 Å². The van der Waals surface area contributed by atoms with Gasteiger partial charge in [0.15, 0.2) is 0 Å². The number of hydrogen-bond acceptors (Lipinski definition) is 3. The first-order valence-electron chi connectivity index (χ1n) is 7.76. The molecule has 0 radical (unpaired) electrons. The molecule has 23 heavy (non-hydrogen) atoms. The maximum Gasteiger partial charge on any atom is 0.321 e. The first kappa shape index (κ1) is 16.5. The summed E-state index contributed by atoms with van der Waals surface area (Å²) >= 11 is 5.20. The Morgan fingerprint density at radius 1 is 1.17 bits per heavy atom. The minimum absolute atomic E-state index is 0.0192. The molecule has 6 heteroatoms. The molecule has 1 aromatic carbocycles. The van der Waals surface area contributed by atoms with Gasteiger partial charge in [0.2, 0.25) is 0 Å². The number of thiophene rings is 1. The molecule has 4 nitrogen and oxygen atoms in total. The fourth-order valence-corrected chi connectivity index (χ4v) is 3.77. The zero-order chi connectivity index (χ0) is 16.1. The second-order valence-electron chi connectivity index (χ2n) is 5.66. The molecule has 0 aliphatic carbocycles. The van der Waals surface area contributed by atoms with Gasteiger partial charge in [-0.05, 0) is 56.9 Å². The van der Waals surface area contributed by atoms with Gasteiger partial charge in [-0.25, -0.2) is 4.79 Å². The average Bonchev–Trinajstić information content (AvgIpc) is 2.94. The summed E-state index contributed by atoms with van der Waals surface area (Å²) in [6.45, 7) is 4.49. The maximum atomic E-state index is 12.5. The fourth-order valence-electron chi connectivity index (χ4n) is 2.73. The third-order valence-electron chi connectivity index (χ3n) is 3.98. The average molecular weight is 394 g/mol. The molecule has 0 spiro atoms. The lowest BCUT2D eigenvalue weighted by atomic mass is 10.3. The van der Waals surface area contributed by atoms with Crippen molar-refractivity contribution in [3.05, 3.63) is 51.1 Å². The molecule has 0 atom stereocenters. The van der Waals surface area contributed by atoms with E-state index in [1.807, 2.05) is 29.2 Å². The van der Waals surface area contributed by atoms with E-state index in [2.05, 4.69) is 43.0 Å². The minimum Gasteiger partial charge on any atom is -0.323 e. The number of hydrogen-bond donors (Lipinski definition) is 1. The predicted octanol–water partition coefficient (Wildman–Crippen LogP) is 4.25. The zero-order valence-corrected chi connectivity index (χ0v) is 15.3. The van der Waals surface area contributed by atoms with Crippen LogP contribution in [-0.4, -0.2) is 42.0 Å². The predicted molar refractivity (Wildman–Crippen MR) is 98.9 cm³/mol. The lowest BCUT2D eigenvalue weighted by Crippen LogP contribution is -2.38. The smallest absolute Gasteiger partial charge is 0.321 e. The highest BCUT2D eigenvalue weighted by molar-refractivity contribution is 9.10. The van der Waals surface area contributed by atoms with Crippen LogP contribution in [0.4, 0.5) is 10.5 Å². The van der Waals surface area contributed by atoms with Gasteiger partial charge in [-0.3, -0.25) is 4.90 Å². The fraction of sp³-hybridized carbons (Fsp3) is 0.353. The van der Waals surface area contributed by atoms with Gasteiger partial charge < -0.3 is 10.2 Å². The highest BCUT2D eigenvalue weighted by Gasteiger charge is 2.19. The minimum atomic E-state index is -0.0192. The summed E-state index contributed by atoms with van der Waals surface area (Å²) in [5.41, 5.74) is 2.18. The first-order chi connectivity index (χ1) is 11.2. The van der Waals surface area contributed by atoms with Crippen molar-refractivity contribution in [2.24, 2.45) is 0 Å². The van der Waals surface area contributed by atoms with Crippen molar-refractivity contribution in [2.75, 3.05) is 31.5 Å². The van der Waals surface area contributed by atoms with Crippen molar-refractivity contribution in [3.8, 4) is 0 Å². The molecule has 0 saturated carbocycles. The number of benzene rings is 1. The van der Waals surface area contributed by atoms with Gasteiger partial charge in [-0.2, -0.15) is 11.3 Å². The largest absolute Gasteiger partial charge is 0.323 e. The van der Waals surface area contributed by atoms with Crippen LogP contribution in [-0.2, 0) is 6.54 Å². The van der Waals surface area contributed by atoms with Crippen LogP contribution < -0.4 is 5.32 Å². The summed E-state index contributed by atoms with van der Waals surface area (Å²) in [6, 6.07) is 9.85. The quantitative estimate of drug-likeness (QED) is 0.845. The Morgan fingerprint density at radius 2 is 2.04 bits per heavy atom. The molecule has 3 rings (SSSR count). The third-order valence-corrected chi connectivity index (χ3v) is 5.40. The van der Waals surface area contributed by atoms with Crippen LogP contribution in [0.15, 0.2) is 45.6 Å². The van der Waals surface area contributed by atoms with Gasteiger partial charge in [0.1, 0.15) is 0 Å². The number of anilines is 1. The molecule has 1 aliphatic heterocycles. The molecular weight excluding hydrogens is 374 g/mol. The molecule has 122 valence electrons. The normalized spacial score (nSPS) is 16.1. The number of carbonyl (C=O) groups is 1. The number of para-hydroxylation sites is 1. The van der Waals surface area contributed by atoms with Crippen molar-refractivity contribution in [2.45, 2.75) is 13.0 Å². The Balaban J connectivity index is 1.55. The lowest BCUT2D eigenvalue weighted by molar-refractivity contribution is 0.211. The molecular formula is C17H20BrN3OS. The highest BCUT2D eigenvalue weighted by Crippen LogP contribution is 2.21. The van der Waals surface area contributed by atoms with Crippen LogP contribution in [0.1, 0.15) is 12.0 Å². The molecule has 1 aromatic heterocycles. The summed E-state index contributed by atoms with van der Waals surface area (Å²) in [7, 11) is 0. The van der Waals surface area contributed by atoms with Crippen LogP contribution >= 0.6 is 27.3 Å². The molecule has 1 saturated heterocycles. The van der Waals surface area contributed by atoms with Gasteiger partial charge in [-0.15, -0.1) is 0 Å². The molecule has 2 amide bonds. The van der Waals surface area contributed by atoms with Gasteiger partial charge >= 0.3 is 6.03 Å². The SMILES string of the molecule is O=C(Nc1ccccc1Br)N1CCCN(Cc2ccsc2)CC1. The van der Waals surface area contributed by atoms with E-state index >= 15 is 0 Å². The van der Waals surface area contributed by atoms with E-state index in [1.54, 1.807) is 11.3 Å². The molecule has 1 N–H and O–H groups in total. The Morgan fingerprint density at radius 3 is 2.83 bits per heavy atom. The Hall–Kier alpha value is -1.37. The van der Waals surface area contributed by atoms with Gasteiger partial charge in [-0.1, -0.05) is 12.1 Å². The second kappa shape index (κ2) is 7.95. The second-order valence-corrected chi connectivity index (χ2v) is 7.29. The standard InChI is InChI=1S/C17H20BrN3OS/c18-15-4-1-2-5-16(15)19-17(22)21-8-3-7-20(9-10-21)12-14-6-11-23-13-14/h1-2,4-6,11,13H,3,7-10,12H2,(H,19,22). The summed E-state index contributed by atoms with van der Waals surface area (Å²) < 4.78 is 0.905. The number of nitrogens with zero attached hydrogens (tertiary/aromatic N) is 2. The van der Waals surface area contributed by atoms with E-state index in [9.17, 15) is 4.79 Å². The van der Waals surface area contributed by atoms with Crippen LogP contribution in [0.5, 0.6) is 0 Å². The lowest BCUT2D eigenvalue weighted by Gasteiger charge is -2.22. The van der Waals surface area contributed by atoms with Crippen LogP contribution in [0, 0.1) is 0 Å². The first-order valence-corrected chi connectivity index (χ1v) is 9.50. The number of rotatable bonds is 3. The van der Waals surface area contributed by atoms with E-state index < -0.39 is 0 Å². The van der Waals surface area contributed by atoms with Gasteiger partial charge in [0, 0.05) is 37.2 Å². The van der Waals surface area contributed by atoms with E-state index in [4.69, 9.17) is 0 Å². The van der Waals surface area contributed by atoms with Crippen LogP contribution in [0.3, 0.4) is 0 Å². The van der Waals surface area contributed by atoms with Gasteiger partial charge in [0.25, 0.3) is 0 Å². The monoisotopic (exact) mass is 393 g/mol. The van der Waals surface area contributed by atoms with E-state index in [-0.39, 0.29) is 6.03 Å². The summed E-state index contributed by atoms with van der Waals surface area (Å²) in [5, 5.41) is 7.30. The zero-order valence-electron chi connectivity index (χ0n) is 12.9. The maximum absolute atomic E-state index is 12.5. The molecule has 1 fully saturated rings. The van der Waals surface area contributed by atoms with Crippen LogP contribution in [0.2, 0.25) is 0 Å². The van der Waals surface area contributed by atoms with Crippen molar-refractivity contribution in [1.29, 1.82) is 0 Å². The number of halogens is 1. The summed E-state index contributed by atoms with van der Waals surface area (Å²) in [4.78, 5) is 16.8. The number of carbonyl (C=O) groups excluding carboxylic acids is 1. The van der Waals surface area contributed by atoms with Crippen molar-refractivity contribution < 1.29 is 4.79 Å². The Bertz CT molecular complexity index is 647. The van der Waals surface area contributed by atoms with Crippen molar-refractivity contribution in [1.82, 2.24) is 9.80 Å². The summed E-state index contributed by atoms with van der Waals surface area (Å²) in [5.74, 6) is 0. The summed E-state index contributed by atoms with van der Waals surface area (Å²) in [6.07, 6.45) is 1.01. The molecule has 2 aromatic rings. The Labute approximate surface area is 149 Å². The number of urea groups is 1. The van der Waals surface area contributed by atoms with Crippen molar-refractivity contribution >= 4 is 39.0 Å². The van der Waals surface area contributed by atoms with Crippen molar-refractivity contribution in [3.63, 3.8) is 0 Å². The Kier molecular flexibility index (Phi) is 5.70. The molecule has 1 aliphatic rings. The highest BCUT2D eigenvalue weighted by atomic mass is 79.9. The molecule has 0 unspecified atom stereocenters. The number of nitrogens with one attached hydrogen (secondary N) is 1. The molecule has 2 heterocycles. The topological polar surface area (TPSA) is 35.6 Å². The van der Waals surface area contributed by atoms with E-state index in [1.165, 1.54) is 5.56 Å². The third kappa shape index (κ3) is 4.56. The van der Waals surface area contributed by atoms with Gasteiger partial charge in [0.05, 0.1) is 5.69 Å². The molecule has 0 bridgehead atoms.